The van der Waals surface area contributed by atoms with Crippen LogP contribution < -0.4 is 5.32 Å². The summed E-state index contributed by atoms with van der Waals surface area (Å²) in [6.07, 6.45) is -2.07. The van der Waals surface area contributed by atoms with Gasteiger partial charge in [0, 0.05) is 6.04 Å². The molecule has 0 aliphatic heterocycles. The molecule has 0 bridgehead atoms. The Balaban J connectivity index is 1.69. The summed E-state index contributed by atoms with van der Waals surface area (Å²) in [6, 6.07) is 0.506. The van der Waals surface area contributed by atoms with Crippen LogP contribution in [0.3, 0.4) is 0 Å². The van der Waals surface area contributed by atoms with Gasteiger partial charge in [-0.15, -0.1) is 10.2 Å². The van der Waals surface area contributed by atoms with Crippen molar-refractivity contribution in [1.29, 1.82) is 0 Å². The molecule has 2 rings (SSSR count). The van der Waals surface area contributed by atoms with Gasteiger partial charge in [-0.2, -0.15) is 13.2 Å². The fraction of sp³-hybridized carbons (Fsp3) is 0.778. The summed E-state index contributed by atoms with van der Waals surface area (Å²) < 4.78 is 44.8. The first-order valence-corrected chi connectivity index (χ1v) is 5.22. The Morgan fingerprint density at radius 3 is 2.65 bits per heavy atom. The van der Waals surface area contributed by atoms with Crippen LogP contribution >= 0.6 is 0 Å². The van der Waals surface area contributed by atoms with E-state index in [0.29, 0.717) is 18.5 Å². The predicted octanol–water partition coefficient (Wildman–Crippen LogP) is 1.40. The van der Waals surface area contributed by atoms with Crippen LogP contribution in [0.5, 0.6) is 0 Å². The predicted molar refractivity (Wildman–Crippen MR) is 49.9 cm³/mol. The van der Waals surface area contributed by atoms with Gasteiger partial charge in [0.15, 0.2) is 0 Å². The molecular weight excluding hydrogens is 239 g/mol. The fourth-order valence-electron chi connectivity index (χ4n) is 1.19. The molecule has 0 aromatic carbocycles. The quantitative estimate of drug-likeness (QED) is 0.828. The third-order valence-corrected chi connectivity index (χ3v) is 2.12. The second-order valence-corrected chi connectivity index (χ2v) is 3.85. The van der Waals surface area contributed by atoms with Gasteiger partial charge in [-0.1, -0.05) is 0 Å². The van der Waals surface area contributed by atoms with E-state index >= 15 is 0 Å². The summed E-state index contributed by atoms with van der Waals surface area (Å²) in [5.74, 6) is 0.421. The first-order chi connectivity index (χ1) is 8.03. The van der Waals surface area contributed by atoms with Crippen LogP contribution in [-0.2, 0) is 17.9 Å². The van der Waals surface area contributed by atoms with E-state index in [1.54, 1.807) is 0 Å². The summed E-state index contributed by atoms with van der Waals surface area (Å²) in [5.41, 5.74) is 0. The number of halogens is 3. The number of alkyl halides is 3. The van der Waals surface area contributed by atoms with Gasteiger partial charge in [0.25, 0.3) is 0 Å². The standard InChI is InChI=1S/C9H12F3N3O2/c10-9(11,12)5-16-4-8-15-14-7(17-8)3-13-6-1-2-6/h6,13H,1-5H2. The van der Waals surface area contributed by atoms with Crippen molar-refractivity contribution < 1.29 is 22.3 Å². The monoisotopic (exact) mass is 251 g/mol. The van der Waals surface area contributed by atoms with Crippen molar-refractivity contribution in [2.75, 3.05) is 6.61 Å². The Labute approximate surface area is 95.3 Å². The van der Waals surface area contributed by atoms with Crippen molar-refractivity contribution in [2.24, 2.45) is 0 Å². The molecule has 1 aromatic heterocycles. The molecular formula is C9H12F3N3O2. The lowest BCUT2D eigenvalue weighted by Gasteiger charge is -2.04. The summed E-state index contributed by atoms with van der Waals surface area (Å²) >= 11 is 0. The minimum absolute atomic E-state index is 0.0573. The van der Waals surface area contributed by atoms with Gasteiger partial charge < -0.3 is 14.5 Å². The first-order valence-electron chi connectivity index (χ1n) is 5.22. The Kier molecular flexibility index (Phi) is 3.63. The van der Waals surface area contributed by atoms with Crippen molar-refractivity contribution in [1.82, 2.24) is 15.5 Å². The first kappa shape index (κ1) is 12.3. The van der Waals surface area contributed by atoms with E-state index in [1.165, 1.54) is 0 Å². The highest BCUT2D eigenvalue weighted by Gasteiger charge is 2.27. The highest BCUT2D eigenvalue weighted by Crippen LogP contribution is 2.19. The summed E-state index contributed by atoms with van der Waals surface area (Å²) in [4.78, 5) is 0. The summed E-state index contributed by atoms with van der Waals surface area (Å²) in [7, 11) is 0. The molecule has 1 N–H and O–H groups in total. The lowest BCUT2D eigenvalue weighted by atomic mass is 10.6. The number of aromatic nitrogens is 2. The Morgan fingerprint density at radius 1 is 1.29 bits per heavy atom. The van der Waals surface area contributed by atoms with Crippen LogP contribution in [0.1, 0.15) is 24.6 Å². The van der Waals surface area contributed by atoms with Crippen LogP contribution in [0, 0.1) is 0 Å². The van der Waals surface area contributed by atoms with Crippen LogP contribution in [0.25, 0.3) is 0 Å². The lowest BCUT2D eigenvalue weighted by Crippen LogP contribution is -2.16. The smallest absolute Gasteiger partial charge is 0.411 e. The zero-order chi connectivity index (χ0) is 12.3. The highest BCUT2D eigenvalue weighted by molar-refractivity contribution is 4.85. The highest BCUT2D eigenvalue weighted by atomic mass is 19.4. The number of hydrogen-bond acceptors (Lipinski definition) is 5. The fourth-order valence-corrected chi connectivity index (χ4v) is 1.19. The number of nitrogens with one attached hydrogen (secondary N) is 1. The topological polar surface area (TPSA) is 60.2 Å². The average molecular weight is 251 g/mol. The Bertz CT molecular complexity index is 363. The number of hydrogen-bond donors (Lipinski definition) is 1. The SMILES string of the molecule is FC(F)(F)COCc1nnc(CNC2CC2)o1. The molecule has 1 aliphatic carbocycles. The van der Waals surface area contributed by atoms with E-state index in [0.717, 1.165) is 12.8 Å². The second kappa shape index (κ2) is 5.01. The van der Waals surface area contributed by atoms with Gasteiger partial charge in [-0.3, -0.25) is 0 Å². The van der Waals surface area contributed by atoms with Crippen LogP contribution in [0.4, 0.5) is 13.2 Å². The Morgan fingerprint density at radius 2 is 2.00 bits per heavy atom. The molecule has 0 spiro atoms. The average Bonchev–Trinajstić information content (AvgIpc) is 2.95. The van der Waals surface area contributed by atoms with E-state index in [9.17, 15) is 13.2 Å². The third kappa shape index (κ3) is 4.70. The summed E-state index contributed by atoms with van der Waals surface area (Å²) in [6.45, 7) is -1.20. The molecule has 5 nitrogen and oxygen atoms in total. The van der Waals surface area contributed by atoms with E-state index in [2.05, 4.69) is 20.3 Å². The largest absolute Gasteiger partial charge is 0.421 e. The zero-order valence-corrected chi connectivity index (χ0v) is 8.96. The molecule has 1 saturated carbocycles. The van der Waals surface area contributed by atoms with E-state index in [-0.39, 0.29) is 12.5 Å². The molecule has 1 fully saturated rings. The van der Waals surface area contributed by atoms with Gasteiger partial charge in [-0.05, 0) is 12.8 Å². The molecule has 8 heteroatoms. The van der Waals surface area contributed by atoms with Gasteiger partial charge in [0.2, 0.25) is 11.8 Å². The van der Waals surface area contributed by atoms with Gasteiger partial charge in [0.1, 0.15) is 13.2 Å². The molecule has 0 atom stereocenters. The van der Waals surface area contributed by atoms with Crippen molar-refractivity contribution in [2.45, 2.75) is 38.2 Å². The van der Waals surface area contributed by atoms with Gasteiger partial charge >= 0.3 is 6.18 Å². The van der Waals surface area contributed by atoms with E-state index in [1.807, 2.05) is 0 Å². The zero-order valence-electron chi connectivity index (χ0n) is 8.96. The number of ether oxygens (including phenoxy) is 1. The molecule has 0 saturated heterocycles. The van der Waals surface area contributed by atoms with Crippen molar-refractivity contribution >= 4 is 0 Å². The van der Waals surface area contributed by atoms with Gasteiger partial charge in [-0.25, -0.2) is 0 Å². The lowest BCUT2D eigenvalue weighted by molar-refractivity contribution is -0.177. The van der Waals surface area contributed by atoms with Crippen molar-refractivity contribution in [3.63, 3.8) is 0 Å². The van der Waals surface area contributed by atoms with Crippen molar-refractivity contribution in [3.05, 3.63) is 11.8 Å². The minimum Gasteiger partial charge on any atom is -0.421 e. The number of nitrogens with zero attached hydrogens (tertiary/aromatic N) is 2. The molecule has 17 heavy (non-hydrogen) atoms. The third-order valence-electron chi connectivity index (χ3n) is 2.12. The van der Waals surface area contributed by atoms with Crippen molar-refractivity contribution in [3.8, 4) is 0 Å². The Hall–Kier alpha value is -1.15. The van der Waals surface area contributed by atoms with Crippen LogP contribution in [-0.4, -0.2) is 29.0 Å². The maximum Gasteiger partial charge on any atom is 0.411 e. The molecule has 96 valence electrons. The molecule has 1 heterocycles. The molecule has 0 amide bonds. The molecule has 1 aromatic rings. The molecule has 0 radical (unpaired) electrons. The van der Waals surface area contributed by atoms with E-state index in [4.69, 9.17) is 4.42 Å². The second-order valence-electron chi connectivity index (χ2n) is 3.85. The van der Waals surface area contributed by atoms with Crippen LogP contribution in [0.2, 0.25) is 0 Å². The molecule has 1 aliphatic rings. The minimum atomic E-state index is -4.34. The maximum atomic E-state index is 11.8. The van der Waals surface area contributed by atoms with E-state index < -0.39 is 12.8 Å². The summed E-state index contributed by atoms with van der Waals surface area (Å²) in [5, 5.41) is 10.4. The molecule has 0 unspecified atom stereocenters. The normalized spacial score (nSPS) is 16.4. The maximum absolute atomic E-state index is 11.8. The number of rotatable bonds is 6. The van der Waals surface area contributed by atoms with Gasteiger partial charge in [0.05, 0.1) is 6.54 Å². The van der Waals surface area contributed by atoms with Crippen LogP contribution in [0.15, 0.2) is 4.42 Å².